The molecule has 18 heavy (non-hydrogen) atoms. The van der Waals surface area contributed by atoms with E-state index in [0.29, 0.717) is 32.5 Å². The summed E-state index contributed by atoms with van der Waals surface area (Å²) in [4.78, 5) is 35.3. The van der Waals surface area contributed by atoms with E-state index in [9.17, 15) is 14.4 Å². The van der Waals surface area contributed by atoms with Crippen LogP contribution in [0.3, 0.4) is 0 Å². The van der Waals surface area contributed by atoms with Gasteiger partial charge in [-0.25, -0.2) is 0 Å². The van der Waals surface area contributed by atoms with Crippen molar-refractivity contribution in [3.63, 3.8) is 0 Å². The number of carbonyl (C=O) groups is 3. The normalized spacial score (nSPS) is 18.7. The number of nitrogens with zero attached hydrogens (tertiary/aromatic N) is 1. The molecule has 2 amide bonds. The van der Waals surface area contributed by atoms with Crippen LogP contribution in [0.15, 0.2) is 0 Å². The molecule has 1 fully saturated rings. The van der Waals surface area contributed by atoms with E-state index < -0.39 is 5.97 Å². The van der Waals surface area contributed by atoms with Gasteiger partial charge in [0.15, 0.2) is 0 Å². The first-order valence-corrected chi connectivity index (χ1v) is 6.31. The predicted molar refractivity (Wildman–Crippen MR) is 64.9 cm³/mol. The van der Waals surface area contributed by atoms with Crippen molar-refractivity contribution in [3.05, 3.63) is 0 Å². The first-order valence-electron chi connectivity index (χ1n) is 6.31. The Morgan fingerprint density at radius 1 is 1.33 bits per heavy atom. The summed E-state index contributed by atoms with van der Waals surface area (Å²) in [6.07, 6.45) is 1.31. The molecule has 0 aromatic rings. The van der Waals surface area contributed by atoms with E-state index in [2.05, 4.69) is 5.32 Å². The summed E-state index contributed by atoms with van der Waals surface area (Å²) in [7, 11) is 0. The first kappa shape index (κ1) is 14.5. The van der Waals surface area contributed by atoms with Gasteiger partial charge in [0.1, 0.15) is 0 Å². The minimum atomic E-state index is -0.885. The molecular formula is C12H20N2O4. The second-order valence-electron chi connectivity index (χ2n) is 4.47. The number of hydrogen-bond donors (Lipinski definition) is 2. The van der Waals surface area contributed by atoms with Crippen molar-refractivity contribution in [3.8, 4) is 0 Å². The van der Waals surface area contributed by atoms with Gasteiger partial charge in [0.05, 0.1) is 5.92 Å². The molecule has 0 radical (unpaired) electrons. The number of rotatable bonds is 6. The summed E-state index contributed by atoms with van der Waals surface area (Å²) in [6.45, 7) is 3.51. The maximum absolute atomic E-state index is 11.8. The number of likely N-dealkylation sites (tertiary alicyclic amines) is 1. The number of amides is 2. The number of nitrogens with one attached hydrogen (secondary N) is 1. The smallest absolute Gasteiger partial charge is 0.303 e. The summed E-state index contributed by atoms with van der Waals surface area (Å²) < 4.78 is 0. The second-order valence-corrected chi connectivity index (χ2v) is 4.47. The summed E-state index contributed by atoms with van der Waals surface area (Å²) >= 11 is 0. The van der Waals surface area contributed by atoms with Gasteiger partial charge in [-0.2, -0.15) is 0 Å². The summed E-state index contributed by atoms with van der Waals surface area (Å²) in [5.41, 5.74) is 0. The van der Waals surface area contributed by atoms with Crippen LogP contribution in [-0.2, 0) is 14.4 Å². The molecule has 6 nitrogen and oxygen atoms in total. The molecule has 0 spiro atoms. The third-order valence-electron chi connectivity index (χ3n) is 3.04. The van der Waals surface area contributed by atoms with Gasteiger partial charge in [-0.3, -0.25) is 14.4 Å². The lowest BCUT2D eigenvalue weighted by atomic mass is 10.1. The van der Waals surface area contributed by atoms with Gasteiger partial charge in [0, 0.05) is 32.5 Å². The topological polar surface area (TPSA) is 86.7 Å². The zero-order chi connectivity index (χ0) is 13.5. The predicted octanol–water partition coefficient (Wildman–Crippen LogP) is 0.226. The van der Waals surface area contributed by atoms with Crippen molar-refractivity contribution >= 4 is 17.8 Å². The lowest BCUT2D eigenvalue weighted by molar-refractivity contribution is -0.137. The molecule has 1 atom stereocenters. The van der Waals surface area contributed by atoms with Crippen LogP contribution in [0.1, 0.15) is 32.6 Å². The van der Waals surface area contributed by atoms with E-state index in [4.69, 9.17) is 5.11 Å². The molecule has 0 bridgehead atoms. The van der Waals surface area contributed by atoms with Crippen molar-refractivity contribution in [1.82, 2.24) is 10.2 Å². The van der Waals surface area contributed by atoms with Crippen LogP contribution >= 0.6 is 0 Å². The Labute approximate surface area is 106 Å². The van der Waals surface area contributed by atoms with Crippen molar-refractivity contribution in [2.75, 3.05) is 19.6 Å². The average Bonchev–Trinajstić information content (AvgIpc) is 2.78. The van der Waals surface area contributed by atoms with Gasteiger partial charge in [0.2, 0.25) is 11.8 Å². The highest BCUT2D eigenvalue weighted by molar-refractivity contribution is 5.82. The van der Waals surface area contributed by atoms with Crippen LogP contribution in [0.5, 0.6) is 0 Å². The quantitative estimate of drug-likeness (QED) is 0.712. The van der Waals surface area contributed by atoms with Crippen molar-refractivity contribution in [1.29, 1.82) is 0 Å². The maximum atomic E-state index is 11.8. The van der Waals surface area contributed by atoms with Gasteiger partial charge in [-0.1, -0.05) is 0 Å². The molecule has 1 rings (SSSR count). The highest BCUT2D eigenvalue weighted by atomic mass is 16.4. The standard InChI is InChI=1S/C12H20N2O4/c1-2-13-12(18)9-6-7-14(8-9)10(15)4-3-5-11(16)17/h9H,2-8H2,1H3,(H,13,18)(H,16,17)/t9-/m1/s1. The summed E-state index contributed by atoms with van der Waals surface area (Å²) in [5, 5.41) is 11.2. The largest absolute Gasteiger partial charge is 0.481 e. The Morgan fingerprint density at radius 2 is 2.06 bits per heavy atom. The average molecular weight is 256 g/mol. The van der Waals surface area contributed by atoms with E-state index in [0.717, 1.165) is 0 Å². The second kappa shape index (κ2) is 6.98. The highest BCUT2D eigenvalue weighted by Crippen LogP contribution is 2.17. The Hall–Kier alpha value is -1.59. The molecule has 0 saturated carbocycles. The Kier molecular flexibility index (Phi) is 5.61. The van der Waals surface area contributed by atoms with Crippen molar-refractivity contribution in [2.24, 2.45) is 5.92 Å². The lowest BCUT2D eigenvalue weighted by Gasteiger charge is -2.16. The van der Waals surface area contributed by atoms with Gasteiger partial charge in [-0.15, -0.1) is 0 Å². The number of aliphatic carboxylic acids is 1. The van der Waals surface area contributed by atoms with Gasteiger partial charge < -0.3 is 15.3 Å². The van der Waals surface area contributed by atoms with Crippen LogP contribution in [0, 0.1) is 5.92 Å². The molecule has 0 unspecified atom stereocenters. The van der Waals surface area contributed by atoms with E-state index in [1.807, 2.05) is 6.92 Å². The SMILES string of the molecule is CCNC(=O)[C@@H]1CCN(C(=O)CCCC(=O)O)C1. The Bertz CT molecular complexity index is 330. The third-order valence-corrected chi connectivity index (χ3v) is 3.04. The van der Waals surface area contributed by atoms with Crippen LogP contribution in [0.25, 0.3) is 0 Å². The molecule has 1 aliphatic heterocycles. The zero-order valence-electron chi connectivity index (χ0n) is 10.6. The van der Waals surface area contributed by atoms with Crippen molar-refractivity contribution in [2.45, 2.75) is 32.6 Å². The molecule has 0 aromatic carbocycles. The van der Waals surface area contributed by atoms with Gasteiger partial charge in [0.25, 0.3) is 0 Å². The van der Waals surface area contributed by atoms with Gasteiger partial charge >= 0.3 is 5.97 Å². The Morgan fingerprint density at radius 3 is 2.67 bits per heavy atom. The number of hydrogen-bond acceptors (Lipinski definition) is 3. The monoisotopic (exact) mass is 256 g/mol. The molecule has 1 heterocycles. The molecule has 2 N–H and O–H groups in total. The highest BCUT2D eigenvalue weighted by Gasteiger charge is 2.30. The number of carbonyl (C=O) groups excluding carboxylic acids is 2. The van der Waals surface area contributed by atoms with Gasteiger partial charge in [-0.05, 0) is 19.8 Å². The fourth-order valence-electron chi connectivity index (χ4n) is 2.07. The molecule has 1 saturated heterocycles. The fraction of sp³-hybridized carbons (Fsp3) is 0.750. The van der Waals surface area contributed by atoms with Crippen molar-refractivity contribution < 1.29 is 19.5 Å². The molecule has 1 aliphatic rings. The van der Waals surface area contributed by atoms with Crippen LogP contribution in [-0.4, -0.2) is 47.4 Å². The molecular weight excluding hydrogens is 236 g/mol. The lowest BCUT2D eigenvalue weighted by Crippen LogP contribution is -2.34. The Balaban J connectivity index is 2.30. The van der Waals surface area contributed by atoms with E-state index >= 15 is 0 Å². The molecule has 102 valence electrons. The zero-order valence-corrected chi connectivity index (χ0v) is 10.6. The number of carboxylic acid groups (broad SMARTS) is 1. The minimum Gasteiger partial charge on any atom is -0.481 e. The van der Waals surface area contributed by atoms with Crippen LogP contribution in [0.4, 0.5) is 0 Å². The summed E-state index contributed by atoms with van der Waals surface area (Å²) in [5.74, 6) is -1.06. The van der Waals surface area contributed by atoms with E-state index in [1.54, 1.807) is 4.90 Å². The molecule has 0 aliphatic carbocycles. The first-order chi connectivity index (χ1) is 8.54. The van der Waals surface area contributed by atoms with E-state index in [-0.39, 0.29) is 30.6 Å². The molecule has 6 heteroatoms. The fourth-order valence-corrected chi connectivity index (χ4v) is 2.07. The summed E-state index contributed by atoms with van der Waals surface area (Å²) in [6, 6.07) is 0. The third kappa shape index (κ3) is 4.35. The molecule has 0 aromatic heterocycles. The van der Waals surface area contributed by atoms with E-state index in [1.165, 1.54) is 0 Å². The number of carboxylic acids is 1. The maximum Gasteiger partial charge on any atom is 0.303 e. The van der Waals surface area contributed by atoms with Crippen LogP contribution in [0.2, 0.25) is 0 Å². The minimum absolute atomic E-state index is 0.00154. The van der Waals surface area contributed by atoms with Crippen LogP contribution < -0.4 is 5.32 Å².